The highest BCUT2D eigenvalue weighted by Gasteiger charge is 2.24. The van der Waals surface area contributed by atoms with Crippen molar-refractivity contribution in [3.63, 3.8) is 0 Å². The van der Waals surface area contributed by atoms with E-state index < -0.39 is 0 Å². The number of amides is 2. The summed E-state index contributed by atoms with van der Waals surface area (Å²) < 4.78 is 10.6. The molecule has 3 aromatic carbocycles. The molecule has 0 aromatic heterocycles. The first-order valence-corrected chi connectivity index (χ1v) is 12.2. The van der Waals surface area contributed by atoms with Crippen LogP contribution >= 0.6 is 23.8 Å². The van der Waals surface area contributed by atoms with E-state index in [0.29, 0.717) is 53.8 Å². The lowest BCUT2D eigenvalue weighted by Crippen LogP contribution is -2.49. The summed E-state index contributed by atoms with van der Waals surface area (Å²) in [6.45, 7) is 2.63. The zero-order valence-electron chi connectivity index (χ0n) is 19.2. The van der Waals surface area contributed by atoms with Gasteiger partial charge in [0.15, 0.2) is 16.6 Å². The van der Waals surface area contributed by atoms with Gasteiger partial charge in [-0.05, 0) is 66.8 Å². The molecule has 1 saturated heterocycles. The molecule has 184 valence electrons. The van der Waals surface area contributed by atoms with Crippen molar-refractivity contribution in [1.29, 1.82) is 0 Å². The number of hydrogen-bond acceptors (Lipinski definition) is 6. The molecule has 8 nitrogen and oxygen atoms in total. The van der Waals surface area contributed by atoms with Gasteiger partial charge in [-0.15, -0.1) is 0 Å². The summed E-state index contributed by atoms with van der Waals surface area (Å²) in [7, 11) is 0. The number of hydrogen-bond donors (Lipinski definition) is 2. The maximum Gasteiger partial charge on any atom is 0.257 e. The lowest BCUT2D eigenvalue weighted by molar-refractivity contribution is 0.0746. The van der Waals surface area contributed by atoms with Crippen molar-refractivity contribution in [1.82, 2.24) is 10.2 Å². The lowest BCUT2D eigenvalue weighted by Gasteiger charge is -2.37. The Labute approximate surface area is 218 Å². The standard InChI is InChI=1S/C26H23ClN4O4S/c27-19-8-5-17(6-9-19)25(33)31-13-11-30(12-14-31)21-4-2-1-3-20(21)28-26(36)29-24(32)18-7-10-22-23(15-18)35-16-34-22/h1-10,15H,11-14,16H2,(H2,28,29,32,36). The van der Waals surface area contributed by atoms with Crippen LogP contribution in [0.1, 0.15) is 20.7 Å². The number of anilines is 2. The SMILES string of the molecule is O=C(NC(=S)Nc1ccccc1N1CCN(C(=O)c2ccc(Cl)cc2)CC1)c1ccc2c(c1)OCO2. The van der Waals surface area contributed by atoms with E-state index in [1.54, 1.807) is 42.5 Å². The Hall–Kier alpha value is -3.82. The predicted octanol–water partition coefficient (Wildman–Crippen LogP) is 4.16. The highest BCUT2D eigenvalue weighted by molar-refractivity contribution is 7.80. The second-order valence-corrected chi connectivity index (χ2v) is 9.12. The first kappa shape index (κ1) is 23.9. The first-order chi connectivity index (χ1) is 17.5. The van der Waals surface area contributed by atoms with Gasteiger partial charge >= 0.3 is 0 Å². The summed E-state index contributed by atoms with van der Waals surface area (Å²) in [6, 6.07) is 19.6. The number of ether oxygens (including phenoxy) is 2. The maximum atomic E-state index is 12.8. The Morgan fingerprint density at radius 2 is 1.56 bits per heavy atom. The van der Waals surface area contributed by atoms with E-state index in [9.17, 15) is 9.59 Å². The number of fused-ring (bicyclic) bond motifs is 1. The van der Waals surface area contributed by atoms with Crippen LogP contribution in [0.5, 0.6) is 11.5 Å². The highest BCUT2D eigenvalue weighted by atomic mass is 35.5. The molecule has 3 aromatic rings. The Bertz CT molecular complexity index is 1310. The molecule has 1 fully saturated rings. The quantitative estimate of drug-likeness (QED) is 0.498. The number of nitrogens with zero attached hydrogens (tertiary/aromatic N) is 2. The average molecular weight is 523 g/mol. The Balaban J connectivity index is 1.20. The third-order valence-corrected chi connectivity index (χ3v) is 6.47. The van der Waals surface area contributed by atoms with Crippen LogP contribution in [0.4, 0.5) is 11.4 Å². The fourth-order valence-electron chi connectivity index (χ4n) is 4.15. The molecule has 2 heterocycles. The average Bonchev–Trinajstić information content (AvgIpc) is 3.37. The first-order valence-electron chi connectivity index (χ1n) is 11.4. The van der Waals surface area contributed by atoms with Crippen LogP contribution in [0.25, 0.3) is 0 Å². The Morgan fingerprint density at radius 3 is 2.33 bits per heavy atom. The Morgan fingerprint density at radius 1 is 0.861 bits per heavy atom. The monoisotopic (exact) mass is 522 g/mol. The van der Waals surface area contributed by atoms with Crippen LogP contribution < -0.4 is 25.0 Å². The van der Waals surface area contributed by atoms with Gasteiger partial charge < -0.3 is 24.6 Å². The zero-order valence-corrected chi connectivity index (χ0v) is 20.8. The molecule has 0 unspecified atom stereocenters. The van der Waals surface area contributed by atoms with Crippen LogP contribution in [0.3, 0.4) is 0 Å². The van der Waals surface area contributed by atoms with Gasteiger partial charge in [0.25, 0.3) is 11.8 Å². The fraction of sp³-hybridized carbons (Fsp3) is 0.192. The minimum absolute atomic E-state index is 0.00913. The lowest BCUT2D eigenvalue weighted by atomic mass is 10.1. The van der Waals surface area contributed by atoms with Gasteiger partial charge in [-0.3, -0.25) is 14.9 Å². The molecular weight excluding hydrogens is 500 g/mol. The van der Waals surface area contributed by atoms with Crippen molar-refractivity contribution in [2.24, 2.45) is 0 Å². The van der Waals surface area contributed by atoms with Crippen LogP contribution in [-0.2, 0) is 0 Å². The third-order valence-electron chi connectivity index (χ3n) is 6.01. The van der Waals surface area contributed by atoms with Crippen LogP contribution in [0, 0.1) is 0 Å². The molecule has 5 rings (SSSR count). The topological polar surface area (TPSA) is 83.1 Å². The zero-order chi connectivity index (χ0) is 25.1. The molecule has 36 heavy (non-hydrogen) atoms. The fourth-order valence-corrected chi connectivity index (χ4v) is 4.48. The molecule has 0 saturated carbocycles. The van der Waals surface area contributed by atoms with E-state index in [2.05, 4.69) is 15.5 Å². The van der Waals surface area contributed by atoms with Gasteiger partial charge in [0.1, 0.15) is 0 Å². The van der Waals surface area contributed by atoms with Crippen molar-refractivity contribution < 1.29 is 19.1 Å². The number of thiocarbonyl (C=S) groups is 1. The molecule has 0 bridgehead atoms. The van der Waals surface area contributed by atoms with E-state index in [-0.39, 0.29) is 23.7 Å². The van der Waals surface area contributed by atoms with E-state index in [4.69, 9.17) is 33.3 Å². The molecular formula is C26H23ClN4O4S. The molecule has 0 aliphatic carbocycles. The third kappa shape index (κ3) is 5.22. The predicted molar refractivity (Wildman–Crippen MR) is 142 cm³/mol. The number of halogens is 1. The normalized spacial score (nSPS) is 14.4. The van der Waals surface area contributed by atoms with Crippen LogP contribution in [-0.4, -0.2) is 54.8 Å². The molecule has 0 atom stereocenters. The van der Waals surface area contributed by atoms with Crippen molar-refractivity contribution in [2.75, 3.05) is 43.2 Å². The number of benzene rings is 3. The van der Waals surface area contributed by atoms with E-state index in [1.165, 1.54) is 0 Å². The summed E-state index contributed by atoms with van der Waals surface area (Å²) in [5.74, 6) is 0.777. The second kappa shape index (κ2) is 10.4. The summed E-state index contributed by atoms with van der Waals surface area (Å²) in [5, 5.41) is 6.63. The summed E-state index contributed by atoms with van der Waals surface area (Å²) in [6.07, 6.45) is 0. The van der Waals surface area contributed by atoms with Gasteiger partial charge in [0.2, 0.25) is 6.79 Å². The van der Waals surface area contributed by atoms with Gasteiger partial charge in [0, 0.05) is 42.3 Å². The number of carbonyl (C=O) groups is 2. The van der Waals surface area contributed by atoms with Crippen molar-refractivity contribution >= 4 is 52.1 Å². The number of nitrogens with one attached hydrogen (secondary N) is 2. The molecule has 0 radical (unpaired) electrons. The minimum atomic E-state index is -0.349. The minimum Gasteiger partial charge on any atom is -0.454 e. The molecule has 2 aliphatic rings. The van der Waals surface area contributed by atoms with Crippen molar-refractivity contribution in [2.45, 2.75) is 0 Å². The number of carbonyl (C=O) groups excluding carboxylic acids is 2. The molecule has 10 heteroatoms. The smallest absolute Gasteiger partial charge is 0.257 e. The summed E-state index contributed by atoms with van der Waals surface area (Å²) in [4.78, 5) is 29.5. The molecule has 0 spiro atoms. The van der Waals surface area contributed by atoms with E-state index in [1.807, 2.05) is 29.2 Å². The highest BCUT2D eigenvalue weighted by Crippen LogP contribution is 2.32. The Kier molecular flexibility index (Phi) is 6.92. The van der Waals surface area contributed by atoms with Gasteiger partial charge in [0.05, 0.1) is 11.4 Å². The maximum absolute atomic E-state index is 12.8. The molecule has 2 aliphatic heterocycles. The van der Waals surface area contributed by atoms with E-state index >= 15 is 0 Å². The second-order valence-electron chi connectivity index (χ2n) is 8.28. The van der Waals surface area contributed by atoms with Crippen LogP contribution in [0.15, 0.2) is 66.7 Å². The van der Waals surface area contributed by atoms with Crippen molar-refractivity contribution in [3.8, 4) is 11.5 Å². The van der Waals surface area contributed by atoms with Gasteiger partial charge in [-0.2, -0.15) is 0 Å². The summed E-state index contributed by atoms with van der Waals surface area (Å²) in [5.41, 5.74) is 2.75. The molecule has 2 N–H and O–H groups in total. The largest absolute Gasteiger partial charge is 0.454 e. The number of rotatable bonds is 4. The molecule has 2 amide bonds. The summed E-state index contributed by atoms with van der Waals surface area (Å²) >= 11 is 11.3. The van der Waals surface area contributed by atoms with Crippen LogP contribution in [0.2, 0.25) is 5.02 Å². The van der Waals surface area contributed by atoms with Gasteiger partial charge in [-0.25, -0.2) is 0 Å². The number of piperazine rings is 1. The van der Waals surface area contributed by atoms with Gasteiger partial charge in [-0.1, -0.05) is 23.7 Å². The van der Waals surface area contributed by atoms with E-state index in [0.717, 1.165) is 11.4 Å². The number of para-hydroxylation sites is 2. The van der Waals surface area contributed by atoms with Crippen molar-refractivity contribution in [3.05, 3.63) is 82.9 Å².